The SMILES string of the molecule is CC(C)(C)C1=NNC(=N)C1.CC(C)(C)CS(=O)(=O)c1ccc(-c2ncc(Cl)c(Nc3cc(C(C)(C)C)[nH]n3)n2)s1.CC(C)(C)NS(=O)(=O)c1ccc(B2OC(C)(C)C(C)(C)O2)s1.CC(C)(C)c1cc(Nc2nc(-c3ccc(S(N)(=O)=O)s3)ncc2Cl)n[nH]1.CC(C)(C)c1cc(Nc2nc(Br)ncc2Cl)n[nH]1.ClB(Cl)Cl.Clc1cnc(Br)nc1Br. The van der Waals surface area contributed by atoms with Crippen molar-refractivity contribution in [2.45, 2.75) is 204 Å². The van der Waals surface area contributed by atoms with E-state index in [9.17, 15) is 25.3 Å². The number of hydrogen-bond acceptors (Lipinski definition) is 27. The van der Waals surface area contributed by atoms with Gasteiger partial charge in [-0.1, -0.05) is 156 Å². The summed E-state index contributed by atoms with van der Waals surface area (Å²) in [5.74, 6) is 4.44. The second-order valence-corrected chi connectivity index (χ2v) is 48.5. The number of aromatic nitrogens is 14. The maximum absolute atomic E-state index is 12.7. The topological polar surface area (TPSA) is 432 Å². The van der Waals surface area contributed by atoms with Gasteiger partial charge in [-0.3, -0.25) is 26.1 Å². The van der Waals surface area contributed by atoms with E-state index in [1.807, 2.05) is 87.4 Å². The summed E-state index contributed by atoms with van der Waals surface area (Å²) < 4.78 is 90.4. The highest BCUT2D eigenvalue weighted by molar-refractivity contribution is 9.11. The van der Waals surface area contributed by atoms with Gasteiger partial charge in [-0.25, -0.2) is 75.0 Å². The number of nitrogens with two attached hydrogens (primary N) is 1. The van der Waals surface area contributed by atoms with E-state index in [2.05, 4.69) is 233 Å². The molecule has 0 unspecified atom stereocenters. The van der Waals surface area contributed by atoms with E-state index in [0.717, 1.165) is 50.2 Å². The zero-order valence-corrected chi connectivity index (χ0v) is 84.0. The van der Waals surface area contributed by atoms with E-state index in [4.69, 9.17) is 101 Å². The molecule has 0 aliphatic carbocycles. The molecule has 11 N–H and O–H groups in total. The van der Waals surface area contributed by atoms with Crippen molar-refractivity contribution in [3.63, 3.8) is 0 Å². The molecular weight excluding hydrogens is 1990 g/mol. The van der Waals surface area contributed by atoms with Crippen LogP contribution in [0.2, 0.25) is 20.1 Å². The highest BCUT2D eigenvalue weighted by Gasteiger charge is 2.52. The smallest absolute Gasteiger partial charge is 0.399 e. The largest absolute Gasteiger partial charge is 0.505 e. The van der Waals surface area contributed by atoms with Gasteiger partial charge in [0, 0.05) is 73.7 Å². The molecule has 1 fully saturated rings. The number of hydrogen-bond donors (Lipinski definition) is 10. The van der Waals surface area contributed by atoms with E-state index in [-0.39, 0.29) is 41.2 Å². The van der Waals surface area contributed by atoms with Crippen molar-refractivity contribution in [2.75, 3.05) is 21.7 Å². The Morgan fingerprint density at radius 3 is 1.25 bits per heavy atom. The van der Waals surface area contributed by atoms with Gasteiger partial charge < -0.3 is 25.3 Å². The number of thiophene rings is 3. The molecule has 30 nitrogen and oxygen atoms in total. The quantitative estimate of drug-likeness (QED) is 0.0275. The lowest BCUT2D eigenvalue weighted by Crippen LogP contribution is -2.41. The van der Waals surface area contributed by atoms with Gasteiger partial charge in [-0.05, 0) is 132 Å². The summed E-state index contributed by atoms with van der Waals surface area (Å²) in [7, 11) is -11.2. The lowest BCUT2D eigenvalue weighted by atomic mass is 9.88. The third-order valence-electron chi connectivity index (χ3n) is 15.9. The lowest BCUT2D eigenvalue weighted by molar-refractivity contribution is 0.00578. The summed E-state index contributed by atoms with van der Waals surface area (Å²) >= 11 is 51.2. The number of nitrogens with zero attached hydrogens (tertiary/aromatic N) is 12. The van der Waals surface area contributed by atoms with Crippen LogP contribution >= 0.6 is 163 Å². The Balaban J connectivity index is 0.000000228. The first-order chi connectivity index (χ1) is 54.3. The second kappa shape index (κ2) is 41.3. The van der Waals surface area contributed by atoms with E-state index < -0.39 is 58.7 Å². The van der Waals surface area contributed by atoms with Crippen LogP contribution in [0.15, 0.2) is 111 Å². The third-order valence-corrected chi connectivity index (χ3v) is 28.4. The van der Waals surface area contributed by atoms with Gasteiger partial charge >= 0.3 is 12.1 Å². The lowest BCUT2D eigenvalue weighted by Gasteiger charge is -2.32. The van der Waals surface area contributed by atoms with Crippen molar-refractivity contribution in [3.05, 3.63) is 131 Å². The number of halogens is 10. The molecule has 0 bridgehead atoms. The number of rotatable bonds is 14. The summed E-state index contributed by atoms with van der Waals surface area (Å²) in [4.78, 5) is 33.5. The molecule has 0 atom stereocenters. The second-order valence-electron chi connectivity index (χ2n) is 33.5. The van der Waals surface area contributed by atoms with Crippen molar-refractivity contribution < 1.29 is 34.6 Å². The fourth-order valence-electron chi connectivity index (χ4n) is 9.25. The Labute approximate surface area is 767 Å². The predicted octanol–water partition coefficient (Wildman–Crippen LogP) is 20.2. The van der Waals surface area contributed by atoms with E-state index in [0.29, 0.717) is 107 Å². The molecule has 0 spiro atoms. The molecule has 1 saturated heterocycles. The highest BCUT2D eigenvalue weighted by Crippen LogP contribution is 2.40. The molecule has 2 aliphatic heterocycles. The minimum atomic E-state index is -3.76. The minimum Gasteiger partial charge on any atom is -0.399 e. The van der Waals surface area contributed by atoms with Gasteiger partial charge in [-0.2, -0.15) is 54.8 Å². The van der Waals surface area contributed by atoms with Gasteiger partial charge in [0.25, 0.3) is 10.0 Å². The zero-order chi connectivity index (χ0) is 90.0. The van der Waals surface area contributed by atoms with Crippen molar-refractivity contribution in [2.24, 2.45) is 21.1 Å². The number of primary sulfonamides is 1. The van der Waals surface area contributed by atoms with Crippen LogP contribution in [0, 0.1) is 16.2 Å². The first-order valence-corrected chi connectivity index (χ1v) is 48.0. The predicted molar refractivity (Wildman–Crippen MR) is 498 cm³/mol. The Bertz CT molecular complexity index is 5530. The number of hydrazone groups is 1. The maximum Gasteiger partial charge on any atom is 0.505 e. The summed E-state index contributed by atoms with van der Waals surface area (Å²) in [6, 6.07) is 15.4. The molecule has 2 aliphatic rings. The van der Waals surface area contributed by atoms with Gasteiger partial charge in [0.1, 0.15) is 38.1 Å². The van der Waals surface area contributed by atoms with Crippen LogP contribution in [0.1, 0.15) is 176 Å². The standard InChI is InChI=1S/C20H26ClN5O2S2.C15H17ClN6O2S2.C14H24BNO4S2.C11H13BrClN5.C7H13N3.C4HBr2ClN2.BCl3/c1-19(2,3)11-30(27,28)16-8-7-13(29-16)18-22-10-12(21)17(24-18)23-15-9-14(25-26-15)20(4,5)6;1-15(2,3)10-6-11(22-21-10)19-13-8(16)7-18-14(20-13)9-4-5-12(25-9)26(17,23)24;1-12(2,3)16-22(17,18)11-9-8-10(21-11)15-19-13(4,5)14(6,7)20-15;1-11(2,3)7-4-8(18-17-7)15-9-6(13)5-14-10(12)16-9;1-7(2,3)5-4-6(8)10-9-5;5-3-2(7)1-8-4(6)9-3;2-1(3)4/h7-10H,11H2,1-6H3,(H2,22,23,24,25,26);4-7H,1-3H3,(H2,17,23,24)(H2,18,19,20,21,22);8-9,16H,1-7H3;4-5H,1-3H3,(H2,14,15,16,17,18);4H2,1-3H3,(H2,8,10);1H;. The van der Waals surface area contributed by atoms with E-state index in [1.54, 1.807) is 30.3 Å². The summed E-state index contributed by atoms with van der Waals surface area (Å²) in [5.41, 5.74) is 4.94. The molecule has 12 heterocycles. The minimum absolute atomic E-state index is 0.0168. The first kappa shape index (κ1) is 103. The molecule has 48 heteroatoms. The van der Waals surface area contributed by atoms with Crippen LogP contribution in [-0.4, -0.2) is 142 Å². The fourth-order valence-corrected chi connectivity index (χ4v) is 18.4. The average molecular weight is 2090 g/mol. The summed E-state index contributed by atoms with van der Waals surface area (Å²) in [6.07, 6.45) is 6.66. The number of nitrogens with one attached hydrogen (secondary N) is 9. The molecule has 648 valence electrons. The molecule has 0 saturated carbocycles. The molecule has 0 radical (unpaired) electrons. The highest BCUT2D eigenvalue weighted by atomic mass is 79.9. The Morgan fingerprint density at radius 1 is 0.538 bits per heavy atom. The number of sulfone groups is 1. The van der Waals surface area contributed by atoms with Crippen LogP contribution in [0.4, 0.5) is 34.9 Å². The summed E-state index contributed by atoms with van der Waals surface area (Å²) in [6.45, 7) is 44.1. The van der Waals surface area contributed by atoms with Gasteiger partial charge in [0.15, 0.2) is 65.9 Å². The summed E-state index contributed by atoms with van der Waals surface area (Å²) in [5, 5.41) is 48.8. The average Bonchev–Trinajstić information content (AvgIpc) is 1.62. The van der Waals surface area contributed by atoms with E-state index in [1.165, 1.54) is 42.2 Å². The monoisotopic (exact) mass is 2080 g/mol. The number of aromatic amines is 3. The number of amidine groups is 1. The molecule has 119 heavy (non-hydrogen) atoms. The molecular formula is C71H94B2Br3Cl7N22O8S6. The van der Waals surface area contributed by atoms with Crippen molar-refractivity contribution >= 4 is 256 Å². The van der Waals surface area contributed by atoms with Crippen LogP contribution in [0.25, 0.3) is 21.4 Å². The molecule has 10 aromatic rings. The van der Waals surface area contributed by atoms with Gasteiger partial charge in [-0.15, -0.1) is 34.0 Å². The fraction of sp³-hybridized carbons (Fsp3) is 0.451. The van der Waals surface area contributed by atoms with Crippen LogP contribution in [0.3, 0.4) is 0 Å². The number of sulfonamides is 2. The normalized spacial score (nSPS) is 14.2. The van der Waals surface area contributed by atoms with Crippen LogP contribution in [0.5, 0.6) is 0 Å². The third kappa shape index (κ3) is 32.4. The number of H-pyrrole nitrogens is 3. The molecule has 0 amide bonds. The Hall–Kier alpha value is -5.12. The zero-order valence-electron chi connectivity index (χ0n) is 69.0. The van der Waals surface area contributed by atoms with Crippen molar-refractivity contribution in [3.8, 4) is 21.4 Å². The van der Waals surface area contributed by atoms with Crippen molar-refractivity contribution in [1.29, 1.82) is 5.41 Å². The first-order valence-electron chi connectivity index (χ1n) is 35.6. The molecule has 10 aromatic heterocycles. The van der Waals surface area contributed by atoms with Gasteiger partial charge in [0.2, 0.25) is 10.0 Å². The molecule has 12 rings (SSSR count). The molecule has 0 aromatic carbocycles. The van der Waals surface area contributed by atoms with E-state index >= 15 is 0 Å². The van der Waals surface area contributed by atoms with Gasteiger partial charge in [0.05, 0.1) is 62.2 Å². The Morgan fingerprint density at radius 2 is 0.916 bits per heavy atom. The van der Waals surface area contributed by atoms with Crippen molar-refractivity contribution in [1.82, 2.24) is 80.6 Å². The maximum atomic E-state index is 12.7. The number of anilines is 6. The Kier molecular flexibility index (Phi) is 35.7. The van der Waals surface area contributed by atoms with Crippen LogP contribution in [-0.2, 0) is 55.4 Å². The van der Waals surface area contributed by atoms with Crippen LogP contribution < -0.4 is 36.0 Å².